The second kappa shape index (κ2) is 5.16. The van der Waals surface area contributed by atoms with E-state index >= 15 is 0 Å². The molecule has 0 aliphatic carbocycles. The van der Waals surface area contributed by atoms with Gasteiger partial charge in [0.15, 0.2) is 0 Å². The highest BCUT2D eigenvalue weighted by atomic mass is 19.4. The molecule has 18 heavy (non-hydrogen) atoms. The van der Waals surface area contributed by atoms with Crippen molar-refractivity contribution in [2.75, 3.05) is 31.1 Å². The van der Waals surface area contributed by atoms with Crippen molar-refractivity contribution >= 4 is 5.69 Å². The Hall–Kier alpha value is -1.27. The zero-order valence-corrected chi connectivity index (χ0v) is 9.74. The molecule has 1 aliphatic rings. The van der Waals surface area contributed by atoms with Crippen LogP contribution in [0.2, 0.25) is 0 Å². The third-order valence-electron chi connectivity index (χ3n) is 2.91. The molecule has 1 atom stereocenters. The zero-order chi connectivity index (χ0) is 13.2. The Bertz CT molecular complexity index is 409. The highest BCUT2D eigenvalue weighted by Gasteiger charge is 2.31. The van der Waals surface area contributed by atoms with Gasteiger partial charge in [-0.25, -0.2) is 0 Å². The molecular weight excluding hydrogens is 245 g/mol. The highest BCUT2D eigenvalue weighted by Crippen LogP contribution is 2.31. The minimum Gasteiger partial charge on any atom is -0.390 e. The van der Waals surface area contributed by atoms with Crippen molar-refractivity contribution < 1.29 is 18.3 Å². The summed E-state index contributed by atoms with van der Waals surface area (Å²) in [5, 5.41) is 12.7. The van der Waals surface area contributed by atoms with Crippen molar-refractivity contribution in [2.24, 2.45) is 0 Å². The number of β-amino-alcohol motifs (C(OH)–C–C–N with tert-alkyl or cyclic N) is 1. The lowest BCUT2D eigenvalue weighted by atomic mass is 10.1. The summed E-state index contributed by atoms with van der Waals surface area (Å²) in [5.41, 5.74) is -0.167. The van der Waals surface area contributed by atoms with Gasteiger partial charge in [0.1, 0.15) is 0 Å². The number of rotatable bonds is 1. The second-order valence-corrected chi connectivity index (χ2v) is 4.35. The van der Waals surface area contributed by atoms with Crippen molar-refractivity contribution in [1.29, 1.82) is 0 Å². The number of benzene rings is 1. The van der Waals surface area contributed by atoms with Crippen LogP contribution in [0.1, 0.15) is 5.56 Å². The van der Waals surface area contributed by atoms with Gasteiger partial charge in [-0.2, -0.15) is 13.2 Å². The van der Waals surface area contributed by atoms with Crippen LogP contribution in [0.5, 0.6) is 0 Å². The van der Waals surface area contributed by atoms with E-state index in [0.29, 0.717) is 31.9 Å². The van der Waals surface area contributed by atoms with Crippen LogP contribution in [0.25, 0.3) is 0 Å². The molecule has 100 valence electrons. The fourth-order valence-corrected chi connectivity index (χ4v) is 2.01. The van der Waals surface area contributed by atoms with Gasteiger partial charge >= 0.3 is 6.18 Å². The lowest BCUT2D eigenvalue weighted by Gasteiger charge is -2.24. The molecule has 0 saturated carbocycles. The molecule has 0 aromatic heterocycles. The van der Waals surface area contributed by atoms with Crippen molar-refractivity contribution in [3.05, 3.63) is 29.8 Å². The van der Waals surface area contributed by atoms with Gasteiger partial charge in [0.25, 0.3) is 0 Å². The quantitative estimate of drug-likeness (QED) is 0.802. The minimum absolute atomic E-state index is 0.342. The van der Waals surface area contributed by atoms with Crippen molar-refractivity contribution in [2.45, 2.75) is 12.3 Å². The summed E-state index contributed by atoms with van der Waals surface area (Å²) < 4.78 is 37.8. The fraction of sp³-hybridized carbons (Fsp3) is 0.500. The largest absolute Gasteiger partial charge is 0.416 e. The Labute approximate surface area is 103 Å². The van der Waals surface area contributed by atoms with Gasteiger partial charge in [-0.3, -0.25) is 0 Å². The normalized spacial score (nSPS) is 21.8. The number of hydrogen-bond acceptors (Lipinski definition) is 3. The van der Waals surface area contributed by atoms with Crippen molar-refractivity contribution in [3.8, 4) is 0 Å². The molecule has 1 aromatic carbocycles. The summed E-state index contributed by atoms with van der Waals surface area (Å²) >= 11 is 0. The minimum atomic E-state index is -4.33. The molecule has 6 heteroatoms. The molecule has 1 saturated heterocycles. The molecular formula is C12H15F3N2O. The van der Waals surface area contributed by atoms with Gasteiger partial charge in [-0.1, -0.05) is 6.07 Å². The van der Waals surface area contributed by atoms with E-state index in [0.717, 1.165) is 12.1 Å². The molecule has 1 fully saturated rings. The van der Waals surface area contributed by atoms with Crippen molar-refractivity contribution in [1.82, 2.24) is 5.32 Å². The molecule has 1 aromatic rings. The highest BCUT2D eigenvalue weighted by molar-refractivity contribution is 5.49. The Morgan fingerprint density at radius 1 is 1.33 bits per heavy atom. The van der Waals surface area contributed by atoms with E-state index in [2.05, 4.69) is 5.32 Å². The molecule has 3 nitrogen and oxygen atoms in total. The molecule has 0 radical (unpaired) electrons. The van der Waals surface area contributed by atoms with Gasteiger partial charge in [0.05, 0.1) is 11.7 Å². The average molecular weight is 260 g/mol. The summed E-state index contributed by atoms with van der Waals surface area (Å²) in [6.45, 7) is 2.04. The van der Waals surface area contributed by atoms with Gasteiger partial charge in [-0.15, -0.1) is 0 Å². The third kappa shape index (κ3) is 3.14. The maximum Gasteiger partial charge on any atom is 0.416 e. The van der Waals surface area contributed by atoms with Crippen LogP contribution >= 0.6 is 0 Å². The van der Waals surface area contributed by atoms with Crippen LogP contribution in [0.3, 0.4) is 0 Å². The summed E-state index contributed by atoms with van der Waals surface area (Å²) in [7, 11) is 0. The first kappa shape index (κ1) is 13.2. The first-order valence-corrected chi connectivity index (χ1v) is 5.78. The van der Waals surface area contributed by atoms with Crippen LogP contribution < -0.4 is 10.2 Å². The van der Waals surface area contributed by atoms with Crippen LogP contribution in [0.4, 0.5) is 18.9 Å². The third-order valence-corrected chi connectivity index (χ3v) is 2.91. The van der Waals surface area contributed by atoms with E-state index in [1.165, 1.54) is 6.07 Å². The Kier molecular flexibility index (Phi) is 3.77. The van der Waals surface area contributed by atoms with Crippen LogP contribution in [-0.2, 0) is 6.18 Å². The molecule has 2 N–H and O–H groups in total. The van der Waals surface area contributed by atoms with E-state index < -0.39 is 17.8 Å². The van der Waals surface area contributed by atoms with Gasteiger partial charge < -0.3 is 15.3 Å². The molecule has 1 aliphatic heterocycles. The number of hydrogen-bond donors (Lipinski definition) is 2. The lowest BCUT2D eigenvalue weighted by molar-refractivity contribution is -0.137. The number of aliphatic hydroxyl groups excluding tert-OH is 1. The Morgan fingerprint density at radius 2 is 2.11 bits per heavy atom. The zero-order valence-electron chi connectivity index (χ0n) is 9.74. The van der Waals surface area contributed by atoms with Gasteiger partial charge in [-0.05, 0) is 18.2 Å². The standard InChI is InChI=1S/C12H15F3N2O/c13-12(14,15)9-2-1-3-10(6-9)17-5-4-16-7-11(18)8-17/h1-3,6,11,16,18H,4-5,7-8H2. The van der Waals surface area contributed by atoms with Crippen LogP contribution in [-0.4, -0.2) is 37.4 Å². The molecule has 0 amide bonds. The summed E-state index contributed by atoms with van der Waals surface area (Å²) in [5.74, 6) is 0. The SMILES string of the molecule is OC1CNCCN(c2cccc(C(F)(F)F)c2)C1. The predicted molar refractivity (Wildman–Crippen MR) is 62.5 cm³/mol. The molecule has 0 spiro atoms. The maximum absolute atomic E-state index is 12.6. The van der Waals surface area contributed by atoms with E-state index in [9.17, 15) is 18.3 Å². The van der Waals surface area contributed by atoms with Crippen LogP contribution in [0.15, 0.2) is 24.3 Å². The second-order valence-electron chi connectivity index (χ2n) is 4.35. The molecule has 2 rings (SSSR count). The van der Waals surface area contributed by atoms with E-state index in [1.807, 2.05) is 0 Å². The van der Waals surface area contributed by atoms with E-state index in [1.54, 1.807) is 11.0 Å². The monoisotopic (exact) mass is 260 g/mol. The van der Waals surface area contributed by atoms with Crippen LogP contribution in [0, 0.1) is 0 Å². The Morgan fingerprint density at radius 3 is 2.83 bits per heavy atom. The summed E-state index contributed by atoms with van der Waals surface area (Å²) in [6.07, 6.45) is -4.90. The number of nitrogens with one attached hydrogen (secondary N) is 1. The average Bonchev–Trinajstić information content (AvgIpc) is 2.53. The Balaban J connectivity index is 2.22. The molecule has 1 unspecified atom stereocenters. The van der Waals surface area contributed by atoms with E-state index in [4.69, 9.17) is 0 Å². The smallest absolute Gasteiger partial charge is 0.390 e. The van der Waals surface area contributed by atoms with Crippen molar-refractivity contribution in [3.63, 3.8) is 0 Å². The topological polar surface area (TPSA) is 35.5 Å². The number of anilines is 1. The predicted octanol–water partition coefficient (Wildman–Crippen LogP) is 1.48. The van der Waals surface area contributed by atoms with E-state index in [-0.39, 0.29) is 0 Å². The number of aliphatic hydroxyl groups is 1. The molecule has 1 heterocycles. The summed E-state index contributed by atoms with van der Waals surface area (Å²) in [6, 6.07) is 5.20. The number of halogens is 3. The molecule has 0 bridgehead atoms. The number of alkyl halides is 3. The summed E-state index contributed by atoms with van der Waals surface area (Å²) in [4.78, 5) is 1.76. The fourth-order valence-electron chi connectivity index (χ4n) is 2.01. The first-order valence-electron chi connectivity index (χ1n) is 5.78. The number of nitrogens with zero attached hydrogens (tertiary/aromatic N) is 1. The maximum atomic E-state index is 12.6. The lowest BCUT2D eigenvalue weighted by Crippen LogP contribution is -2.32. The van der Waals surface area contributed by atoms with Gasteiger partial charge in [0, 0.05) is 31.9 Å². The van der Waals surface area contributed by atoms with Gasteiger partial charge in [0.2, 0.25) is 0 Å². The first-order chi connectivity index (χ1) is 8.47.